The summed E-state index contributed by atoms with van der Waals surface area (Å²) < 4.78 is 5.16. The Kier molecular flexibility index (Phi) is 6.27. The van der Waals surface area contributed by atoms with Crippen LogP contribution in [0.3, 0.4) is 0 Å². The minimum absolute atomic E-state index is 0.246. The van der Waals surface area contributed by atoms with Crippen LogP contribution in [0.2, 0.25) is 0 Å². The van der Waals surface area contributed by atoms with Crippen molar-refractivity contribution in [3.63, 3.8) is 0 Å². The maximum Gasteiger partial charge on any atom is 0.302 e. The third-order valence-corrected chi connectivity index (χ3v) is 5.99. The van der Waals surface area contributed by atoms with E-state index in [1.54, 1.807) is 17.5 Å². The first-order valence-electron chi connectivity index (χ1n) is 9.20. The molecule has 0 fully saturated rings. The van der Waals surface area contributed by atoms with Crippen molar-refractivity contribution in [2.75, 3.05) is 11.9 Å². The van der Waals surface area contributed by atoms with Crippen molar-refractivity contribution in [3.8, 4) is 6.07 Å². The van der Waals surface area contributed by atoms with Crippen molar-refractivity contribution in [3.05, 3.63) is 63.9 Å². The van der Waals surface area contributed by atoms with E-state index in [-0.39, 0.29) is 5.97 Å². The fourth-order valence-corrected chi connectivity index (χ4v) is 4.61. The lowest BCUT2D eigenvalue weighted by Crippen LogP contribution is -2.19. The topological polar surface area (TPSA) is 75.0 Å². The number of esters is 1. The molecule has 1 aliphatic rings. The van der Waals surface area contributed by atoms with E-state index in [4.69, 9.17) is 4.74 Å². The molecule has 144 valence electrons. The summed E-state index contributed by atoms with van der Waals surface area (Å²) in [7, 11) is 0. The van der Waals surface area contributed by atoms with Crippen LogP contribution < -0.4 is 5.32 Å². The molecule has 0 aliphatic heterocycles. The van der Waals surface area contributed by atoms with E-state index < -0.39 is 0 Å². The lowest BCUT2D eigenvalue weighted by atomic mass is 9.88. The number of hydrogen-bond acceptors (Lipinski definition) is 6. The van der Waals surface area contributed by atoms with Crippen molar-refractivity contribution in [2.45, 2.75) is 33.1 Å². The van der Waals surface area contributed by atoms with Crippen LogP contribution in [0.4, 0.5) is 5.00 Å². The van der Waals surface area contributed by atoms with Crippen LogP contribution in [0, 0.1) is 24.2 Å². The number of aromatic nitrogens is 1. The standard InChI is InChI=1S/C22H23N3O2S/c1-14-8-9-24-12-18(14)6-4-15(2)25-22-20(11-23)19-7-5-17(10-21(19)28-22)13-27-16(3)26/h4,6,8-9,12,17,25H,2,5,7,10,13H2,1,3H3/b6-4+. The second-order valence-electron chi connectivity index (χ2n) is 6.95. The maximum absolute atomic E-state index is 11.1. The zero-order valence-electron chi connectivity index (χ0n) is 16.1. The van der Waals surface area contributed by atoms with Crippen molar-refractivity contribution in [2.24, 2.45) is 5.92 Å². The Bertz CT molecular complexity index is 969. The van der Waals surface area contributed by atoms with Crippen LogP contribution >= 0.6 is 11.3 Å². The predicted molar refractivity (Wildman–Crippen MR) is 112 cm³/mol. The zero-order valence-corrected chi connectivity index (χ0v) is 16.9. The van der Waals surface area contributed by atoms with Crippen molar-refractivity contribution >= 4 is 28.4 Å². The van der Waals surface area contributed by atoms with Gasteiger partial charge in [0.1, 0.15) is 11.1 Å². The minimum Gasteiger partial charge on any atom is -0.466 e. The van der Waals surface area contributed by atoms with Crippen molar-refractivity contribution in [1.82, 2.24) is 4.98 Å². The van der Waals surface area contributed by atoms with Crippen molar-refractivity contribution in [1.29, 1.82) is 5.26 Å². The highest BCUT2D eigenvalue weighted by atomic mass is 32.1. The molecule has 1 aliphatic carbocycles. The number of pyridine rings is 1. The summed E-state index contributed by atoms with van der Waals surface area (Å²) in [5, 5.41) is 13.8. The number of nitrogens with one attached hydrogen (secondary N) is 1. The monoisotopic (exact) mass is 393 g/mol. The summed E-state index contributed by atoms with van der Waals surface area (Å²) in [6, 6.07) is 4.31. The van der Waals surface area contributed by atoms with Gasteiger partial charge >= 0.3 is 5.97 Å². The number of carbonyl (C=O) groups is 1. The van der Waals surface area contributed by atoms with Gasteiger partial charge in [0.05, 0.1) is 12.2 Å². The van der Waals surface area contributed by atoms with Crippen LogP contribution in [0.15, 0.2) is 36.8 Å². The Morgan fingerprint density at radius 2 is 2.39 bits per heavy atom. The first kappa shape index (κ1) is 19.8. The highest BCUT2D eigenvalue weighted by molar-refractivity contribution is 7.16. The van der Waals surface area contributed by atoms with Gasteiger partial charge in [0.2, 0.25) is 0 Å². The van der Waals surface area contributed by atoms with Crippen LogP contribution in [0.5, 0.6) is 0 Å². The van der Waals surface area contributed by atoms with E-state index in [1.165, 1.54) is 11.8 Å². The SMILES string of the molecule is C=C(/C=C/c1cnccc1C)Nc1sc2c(c1C#N)CCC(COC(C)=O)C2. The number of nitrogens with zero attached hydrogens (tertiary/aromatic N) is 2. The second-order valence-corrected chi connectivity index (χ2v) is 8.05. The average molecular weight is 394 g/mol. The van der Waals surface area contributed by atoms with Crippen LogP contribution in [-0.2, 0) is 22.4 Å². The number of aryl methyl sites for hydroxylation is 1. The highest BCUT2D eigenvalue weighted by Gasteiger charge is 2.26. The molecule has 0 aromatic carbocycles. The number of nitriles is 1. The fraction of sp³-hybridized carbons (Fsp3) is 0.318. The molecule has 1 N–H and O–H groups in total. The molecule has 0 saturated carbocycles. The number of thiophene rings is 1. The minimum atomic E-state index is -0.246. The number of hydrogen-bond donors (Lipinski definition) is 1. The number of rotatable bonds is 6. The van der Waals surface area contributed by atoms with Gasteiger partial charge in [-0.05, 0) is 60.9 Å². The van der Waals surface area contributed by atoms with Gasteiger partial charge < -0.3 is 10.1 Å². The van der Waals surface area contributed by atoms with Gasteiger partial charge in [-0.1, -0.05) is 12.7 Å². The molecule has 6 heteroatoms. The Labute approximate surface area is 169 Å². The third-order valence-electron chi connectivity index (χ3n) is 4.82. The Morgan fingerprint density at radius 3 is 3.11 bits per heavy atom. The molecule has 2 heterocycles. The van der Waals surface area contributed by atoms with E-state index in [1.807, 2.05) is 31.3 Å². The summed E-state index contributed by atoms with van der Waals surface area (Å²) in [5.74, 6) is 0.0649. The van der Waals surface area contributed by atoms with Crippen LogP contribution in [-0.4, -0.2) is 17.6 Å². The molecule has 0 radical (unpaired) electrons. The molecule has 5 nitrogen and oxygen atoms in total. The second kappa shape index (κ2) is 8.85. The molecular weight excluding hydrogens is 370 g/mol. The number of anilines is 1. The zero-order chi connectivity index (χ0) is 20.1. The van der Waals surface area contributed by atoms with E-state index in [2.05, 4.69) is 22.9 Å². The molecule has 1 unspecified atom stereocenters. The van der Waals surface area contributed by atoms with Gasteiger partial charge in [-0.2, -0.15) is 5.26 Å². The largest absolute Gasteiger partial charge is 0.466 e. The number of allylic oxidation sites excluding steroid dienone is 1. The van der Waals surface area contributed by atoms with Gasteiger partial charge in [0, 0.05) is 29.9 Å². The lowest BCUT2D eigenvalue weighted by Gasteiger charge is -2.21. The molecule has 0 spiro atoms. The van der Waals surface area contributed by atoms with Crippen LogP contribution in [0.1, 0.15) is 40.5 Å². The summed E-state index contributed by atoms with van der Waals surface area (Å²) >= 11 is 1.60. The quantitative estimate of drug-likeness (QED) is 0.572. The van der Waals surface area contributed by atoms with E-state index in [0.29, 0.717) is 18.1 Å². The third kappa shape index (κ3) is 4.68. The molecule has 2 aromatic heterocycles. The Balaban J connectivity index is 1.71. The summed E-state index contributed by atoms with van der Waals surface area (Å²) in [6.07, 6.45) is 10.0. The molecule has 2 aromatic rings. The fourth-order valence-electron chi connectivity index (χ4n) is 3.27. The molecule has 3 rings (SSSR count). The molecule has 0 amide bonds. The summed E-state index contributed by atoms with van der Waals surface area (Å²) in [5.41, 5.74) is 4.72. The molecule has 0 saturated heterocycles. The van der Waals surface area contributed by atoms with E-state index >= 15 is 0 Å². The number of ether oxygens (including phenoxy) is 1. The van der Waals surface area contributed by atoms with Gasteiger partial charge in [0.15, 0.2) is 0 Å². The predicted octanol–water partition coefficient (Wildman–Crippen LogP) is 4.63. The highest BCUT2D eigenvalue weighted by Crippen LogP contribution is 2.39. The number of carbonyl (C=O) groups excluding carboxylic acids is 1. The first-order valence-corrected chi connectivity index (χ1v) is 10.0. The Hall–Kier alpha value is -2.91. The lowest BCUT2D eigenvalue weighted by molar-refractivity contribution is -0.142. The van der Waals surface area contributed by atoms with E-state index in [9.17, 15) is 10.1 Å². The summed E-state index contributed by atoms with van der Waals surface area (Å²) in [6.45, 7) is 7.97. The summed E-state index contributed by atoms with van der Waals surface area (Å²) in [4.78, 5) is 16.4. The van der Waals surface area contributed by atoms with Crippen LogP contribution in [0.25, 0.3) is 6.08 Å². The smallest absolute Gasteiger partial charge is 0.302 e. The Morgan fingerprint density at radius 1 is 1.57 bits per heavy atom. The molecular formula is C22H23N3O2S. The molecule has 1 atom stereocenters. The van der Waals surface area contributed by atoms with E-state index in [0.717, 1.165) is 46.7 Å². The molecule has 0 bridgehead atoms. The molecule has 28 heavy (non-hydrogen) atoms. The average Bonchev–Trinajstić information content (AvgIpc) is 3.01. The van der Waals surface area contributed by atoms with Gasteiger partial charge in [-0.3, -0.25) is 9.78 Å². The number of fused-ring (bicyclic) bond motifs is 1. The van der Waals surface area contributed by atoms with Gasteiger partial charge in [0.25, 0.3) is 0 Å². The first-order chi connectivity index (χ1) is 13.5. The normalized spacial score (nSPS) is 15.7. The van der Waals surface area contributed by atoms with Gasteiger partial charge in [-0.15, -0.1) is 11.3 Å². The van der Waals surface area contributed by atoms with Crippen molar-refractivity contribution < 1.29 is 9.53 Å². The maximum atomic E-state index is 11.1. The van der Waals surface area contributed by atoms with Gasteiger partial charge in [-0.25, -0.2) is 0 Å².